The second kappa shape index (κ2) is 51.8. The fraction of sp³-hybridized carbons (Fsp3) is 0.481. The lowest BCUT2D eigenvalue weighted by Gasteiger charge is -2.30. The van der Waals surface area contributed by atoms with Crippen LogP contribution in [0.2, 0.25) is 0 Å². The molecule has 1 aromatic heterocycles. The van der Waals surface area contributed by atoms with Crippen molar-refractivity contribution in [1.29, 1.82) is 0 Å². The molecule has 130 heavy (non-hydrogen) atoms. The van der Waals surface area contributed by atoms with Gasteiger partial charge < -0.3 is 127 Å². The molecule has 0 bridgehead atoms. The van der Waals surface area contributed by atoms with Crippen LogP contribution in [0.3, 0.4) is 0 Å². The summed E-state index contributed by atoms with van der Waals surface area (Å²) in [6, 6.07) is -10.2. The van der Waals surface area contributed by atoms with Gasteiger partial charge in [-0.05, 0) is 74.4 Å². The van der Waals surface area contributed by atoms with E-state index < -0.39 is 308 Å². The molecule has 1 aliphatic rings. The first-order valence-electron chi connectivity index (χ1n) is 40.6. The van der Waals surface area contributed by atoms with Gasteiger partial charge in [0.25, 0.3) is 11.6 Å². The van der Waals surface area contributed by atoms with Crippen LogP contribution in [0.25, 0.3) is 21.3 Å². The standard InChI is InChI=1S/C79H104N22O29/c1-5-6-7-8-9-10-11-22-57(105)90-47(27-40-33-85-44-20-15-13-17-41(40)44)72(120)93-48(29-56(81)104)73(121)95-51(32-63(114)115)74(122)98-67-39(4)130-79(127)52(28-55(103)42-18-12-14-19-43(42)80)96-78(126)66(37(2)26-60(108)109)97-75(123)53(36-102)91-59(107)34-86-69(117)49(30-61(110)111)92-68(116)38(3)88-71(119)50(31-62(112)113)94-70(118)46(89-58(106)35-87-77(67)125)21-16-25-84-76(124)64-45(99-100-83)23-24-54(65(64)82)101(128)129/h12-15,17-20,23-24,33,37-39,46-53,66-67,85,102H,5-11,16,21-22,25-32,34-36,80,82H2,1-4H3,(H2,81,104)(H,84,124)(H,86,117)(H,87,125)(H,88,119)(H,89,106)(H,90,105)(H,91,107)(H,92,116)(H,93,120)(H,94,118)(H,95,121)(H,96,126)(H,97,123)(H,98,122)(H,108,109)(H,110,111)(H,112,113)(H,114,115). The van der Waals surface area contributed by atoms with Crippen molar-refractivity contribution >= 4 is 158 Å². The maximum absolute atomic E-state index is 15.0. The number of aromatic amines is 1. The summed E-state index contributed by atoms with van der Waals surface area (Å²) < 4.78 is 5.70. The fourth-order valence-electron chi connectivity index (χ4n) is 13.1. The molecular weight excluding hydrogens is 1720 g/mol. The molecule has 2 heterocycles. The number of amides is 15. The predicted molar refractivity (Wildman–Crippen MR) is 450 cm³/mol. The minimum atomic E-state index is -2.57. The van der Waals surface area contributed by atoms with Crippen molar-refractivity contribution in [3.63, 3.8) is 0 Å². The Morgan fingerprint density at radius 3 is 1.78 bits per heavy atom. The van der Waals surface area contributed by atoms with E-state index in [0.717, 1.165) is 71.1 Å². The summed E-state index contributed by atoms with van der Waals surface area (Å²) in [7, 11) is 0. The third-order valence-electron chi connectivity index (χ3n) is 19.9. The highest BCUT2D eigenvalue weighted by atomic mass is 16.6. The number of primary amides is 1. The van der Waals surface area contributed by atoms with Gasteiger partial charge in [-0.3, -0.25) is 106 Å². The third-order valence-corrected chi connectivity index (χ3v) is 19.9. The van der Waals surface area contributed by atoms with Crippen LogP contribution in [-0.2, 0) is 102 Å². The minimum Gasteiger partial charge on any atom is -0.481 e. The maximum Gasteiger partial charge on any atom is 0.329 e. The molecule has 704 valence electrons. The molecule has 1 aliphatic heterocycles. The van der Waals surface area contributed by atoms with Gasteiger partial charge in [0.1, 0.15) is 78.3 Å². The number of hydrogen-bond donors (Lipinski definition) is 23. The quantitative estimate of drug-likeness (QED) is 0.00235. The topological polar surface area (TPSA) is 823 Å². The first kappa shape index (κ1) is 105. The number of azide groups is 1. The van der Waals surface area contributed by atoms with Crippen LogP contribution in [0.4, 0.5) is 22.7 Å². The predicted octanol–water partition coefficient (Wildman–Crippen LogP) is -3.72. The molecule has 1 fully saturated rings. The number of aromatic nitrogens is 1. The number of esters is 1. The van der Waals surface area contributed by atoms with E-state index in [-0.39, 0.29) is 24.1 Å². The number of cyclic esters (lactones) is 1. The smallest absolute Gasteiger partial charge is 0.329 e. The Bertz CT molecular complexity index is 4960. The summed E-state index contributed by atoms with van der Waals surface area (Å²) in [5.74, 6) is -32.5. The molecule has 5 rings (SSSR count). The van der Waals surface area contributed by atoms with Gasteiger partial charge in [-0.2, -0.15) is 0 Å². The van der Waals surface area contributed by atoms with Gasteiger partial charge >= 0.3 is 29.8 Å². The molecular formula is C79H104N22O29. The Kier molecular flexibility index (Phi) is 41.9. The number of nitro benzene ring substituents is 1. The first-order chi connectivity index (χ1) is 61.5. The summed E-state index contributed by atoms with van der Waals surface area (Å²) in [5, 5.41) is 96.2. The number of anilines is 2. The average Bonchev–Trinajstić information content (AvgIpc) is 1.30. The molecule has 51 heteroatoms. The number of nitrogens with two attached hydrogens (primary N) is 3. The lowest BCUT2D eigenvalue weighted by Crippen LogP contribution is -2.62. The highest BCUT2D eigenvalue weighted by Gasteiger charge is 2.42. The van der Waals surface area contributed by atoms with E-state index in [0.29, 0.717) is 29.3 Å². The van der Waals surface area contributed by atoms with Crippen LogP contribution < -0.4 is 91.6 Å². The minimum absolute atomic E-state index is 0.0536. The van der Waals surface area contributed by atoms with Crippen LogP contribution in [0.5, 0.6) is 0 Å². The number of benzene rings is 3. The Labute approximate surface area is 738 Å². The number of ketones is 1. The van der Waals surface area contributed by atoms with Crippen molar-refractivity contribution in [1.82, 2.24) is 79.4 Å². The van der Waals surface area contributed by atoms with E-state index >= 15 is 9.59 Å². The van der Waals surface area contributed by atoms with Gasteiger partial charge in [-0.25, -0.2) is 4.79 Å². The zero-order valence-corrected chi connectivity index (χ0v) is 70.8. The highest BCUT2D eigenvalue weighted by Crippen LogP contribution is 2.33. The number of aliphatic hydroxyl groups excluding tert-OH is 1. The van der Waals surface area contributed by atoms with E-state index in [4.69, 9.17) is 21.9 Å². The van der Waals surface area contributed by atoms with Gasteiger partial charge in [0.2, 0.25) is 82.7 Å². The molecule has 13 atom stereocenters. The molecule has 4 aromatic rings. The number of rotatable bonds is 39. The molecule has 0 aliphatic carbocycles. The Morgan fingerprint density at radius 2 is 1.17 bits per heavy atom. The van der Waals surface area contributed by atoms with E-state index in [9.17, 15) is 132 Å². The van der Waals surface area contributed by atoms with Crippen molar-refractivity contribution < 1.29 is 136 Å². The number of Topliss-reactive ketones (excluding diaryl/α,β-unsaturated/α-hetero) is 1. The molecule has 0 spiro atoms. The largest absolute Gasteiger partial charge is 0.481 e. The van der Waals surface area contributed by atoms with Crippen LogP contribution in [0, 0.1) is 16.0 Å². The summed E-state index contributed by atoms with van der Waals surface area (Å²) in [4.78, 5) is 307. The Morgan fingerprint density at radius 1 is 0.608 bits per heavy atom. The first-order valence-corrected chi connectivity index (χ1v) is 40.6. The van der Waals surface area contributed by atoms with Gasteiger partial charge in [0, 0.05) is 65.1 Å². The second-order valence-electron chi connectivity index (χ2n) is 30.1. The number of ether oxygens (including phenoxy) is 1. The zero-order chi connectivity index (χ0) is 96.8. The fourth-order valence-corrected chi connectivity index (χ4v) is 13.1. The van der Waals surface area contributed by atoms with E-state index in [2.05, 4.69) is 75.1 Å². The summed E-state index contributed by atoms with van der Waals surface area (Å²) in [6.45, 7) is 0.249. The molecule has 15 amide bonds. The normalized spacial score (nSPS) is 19.9. The van der Waals surface area contributed by atoms with Crippen LogP contribution in [0.15, 0.2) is 72.0 Å². The number of nitro groups is 1. The number of aliphatic hydroxyl groups is 1. The van der Waals surface area contributed by atoms with Gasteiger partial charge in [0.15, 0.2) is 5.78 Å². The SMILES string of the molecule is CCCCCCCCCC(=O)NC(Cc1c[nH]c2ccccc12)C(=O)NC(CC(N)=O)C(=O)NC(CC(=O)O)C(=O)NC1C(=O)NCC(=O)NC(CCCNC(=O)c2c(N=[N+]=[N-])ccc([N+](=O)[O-])c2N)C(=O)NC(CC(=O)O)C(=O)NC(C)C(=O)NC(CC(=O)O)C(=O)NCC(=O)NC(CO)C(=O)NC(C(C)CC(=O)O)C(=O)NC(CC(=O)c2ccccc2N)C(=O)OC1C. The monoisotopic (exact) mass is 1820 g/mol. The third kappa shape index (κ3) is 33.8. The Balaban J connectivity index is 1.67. The van der Waals surface area contributed by atoms with Crippen molar-refractivity contribution in [3.8, 4) is 0 Å². The lowest BCUT2D eigenvalue weighted by molar-refractivity contribution is -0.383. The van der Waals surface area contributed by atoms with Gasteiger partial charge in [0.05, 0.1) is 68.0 Å². The van der Waals surface area contributed by atoms with Crippen molar-refractivity contribution in [2.45, 2.75) is 209 Å². The summed E-state index contributed by atoms with van der Waals surface area (Å²) in [6.07, 6.45) is -3.91. The lowest BCUT2D eigenvalue weighted by atomic mass is 9.96. The number of carbonyl (C=O) groups is 21. The van der Waals surface area contributed by atoms with Crippen molar-refractivity contribution in [2.75, 3.05) is 37.7 Å². The van der Waals surface area contributed by atoms with E-state index in [1.165, 1.54) is 18.2 Å². The average molecular weight is 1830 g/mol. The number of carboxylic acids is 4. The number of carbonyl (C=O) groups excluding carboxylic acids is 17. The van der Waals surface area contributed by atoms with Crippen LogP contribution >= 0.6 is 0 Å². The van der Waals surface area contributed by atoms with E-state index in [1.807, 2.05) is 21.3 Å². The van der Waals surface area contributed by atoms with Crippen molar-refractivity contribution in [3.05, 3.63) is 104 Å². The number of unbranched alkanes of at least 4 members (excludes halogenated alkanes) is 6. The Hall–Kier alpha value is -15.5. The van der Waals surface area contributed by atoms with Gasteiger partial charge in [-0.15, -0.1) is 0 Å². The molecule has 3 aromatic carbocycles. The number of nitrogens with one attached hydrogen (secondary N) is 15. The zero-order valence-electron chi connectivity index (χ0n) is 70.8. The van der Waals surface area contributed by atoms with Gasteiger partial charge in [-0.1, -0.05) is 87.8 Å². The molecule has 13 unspecified atom stereocenters. The number of H-pyrrole nitrogens is 1. The number of carboxylic acid groups (broad SMARTS) is 4. The molecule has 51 nitrogen and oxygen atoms in total. The highest BCUT2D eigenvalue weighted by molar-refractivity contribution is 6.07. The van der Waals surface area contributed by atoms with E-state index in [1.54, 1.807) is 30.5 Å². The number of nitrogen functional groups attached to an aromatic ring is 2. The second-order valence-corrected chi connectivity index (χ2v) is 30.1. The molecule has 1 saturated heterocycles. The van der Waals surface area contributed by atoms with Crippen LogP contribution in [-0.4, -0.2) is 258 Å². The number of nitrogens with zero attached hydrogens (tertiary/aromatic N) is 4. The maximum atomic E-state index is 15.0. The molecule has 0 saturated carbocycles. The summed E-state index contributed by atoms with van der Waals surface area (Å²) >= 11 is 0. The number of para-hydroxylation sites is 2. The number of fused-ring (bicyclic) bond motifs is 1. The molecule has 26 N–H and O–H groups in total. The van der Waals surface area contributed by atoms with Crippen LogP contribution in [0.1, 0.15) is 157 Å². The number of hydrogen-bond acceptors (Lipinski definition) is 28. The summed E-state index contributed by atoms with van der Waals surface area (Å²) in [5.41, 5.74) is 24.6. The van der Waals surface area contributed by atoms with Crippen molar-refractivity contribution in [2.24, 2.45) is 16.8 Å². The molecule has 0 radical (unpaired) electrons. The number of aliphatic carboxylic acids is 4.